The summed E-state index contributed by atoms with van der Waals surface area (Å²) in [4.78, 5) is 25.5. The molecule has 1 saturated carbocycles. The van der Waals surface area contributed by atoms with Crippen LogP contribution in [0.2, 0.25) is 0 Å². The number of likely N-dealkylation sites (tertiary alicyclic amines) is 1. The van der Waals surface area contributed by atoms with Crippen LogP contribution in [-0.2, 0) is 9.59 Å². The predicted molar refractivity (Wildman–Crippen MR) is 67.9 cm³/mol. The van der Waals surface area contributed by atoms with Crippen LogP contribution in [0.15, 0.2) is 0 Å². The standard InChI is InChI=1S/C14H23NO3/c1-9-4-6-14(7-5-9)8-15(13(14)18)12(10(2)16)11(3)17/h9-10,12,16H,4-8H2,1-3H3/t9?,10-,12?,14?/m1/s1. The van der Waals surface area contributed by atoms with Crippen molar-refractivity contribution < 1.29 is 14.7 Å². The summed E-state index contributed by atoms with van der Waals surface area (Å²) in [6.07, 6.45) is 3.28. The number of carbonyl (C=O) groups excluding carboxylic acids is 2. The molecule has 0 aromatic heterocycles. The molecule has 2 fully saturated rings. The second-order valence-electron chi connectivity index (χ2n) is 6.19. The summed E-state index contributed by atoms with van der Waals surface area (Å²) >= 11 is 0. The van der Waals surface area contributed by atoms with Gasteiger partial charge in [-0.05, 0) is 45.4 Å². The lowest BCUT2D eigenvalue weighted by molar-refractivity contribution is -0.175. The van der Waals surface area contributed by atoms with E-state index in [1.54, 1.807) is 11.8 Å². The monoisotopic (exact) mass is 253 g/mol. The number of amides is 1. The third kappa shape index (κ3) is 2.07. The van der Waals surface area contributed by atoms with Gasteiger partial charge in [-0.3, -0.25) is 9.59 Å². The molecular formula is C14H23NO3. The van der Waals surface area contributed by atoms with E-state index in [4.69, 9.17) is 0 Å². The van der Waals surface area contributed by atoms with E-state index in [1.807, 2.05) is 0 Å². The van der Waals surface area contributed by atoms with E-state index in [-0.39, 0.29) is 17.1 Å². The average molecular weight is 253 g/mol. The lowest BCUT2D eigenvalue weighted by Crippen LogP contribution is -2.68. The molecule has 1 saturated heterocycles. The van der Waals surface area contributed by atoms with Crippen LogP contribution in [0.4, 0.5) is 0 Å². The van der Waals surface area contributed by atoms with Crippen LogP contribution in [0, 0.1) is 11.3 Å². The van der Waals surface area contributed by atoms with Gasteiger partial charge in [0, 0.05) is 6.54 Å². The molecule has 4 heteroatoms. The van der Waals surface area contributed by atoms with Gasteiger partial charge in [-0.2, -0.15) is 0 Å². The first kappa shape index (κ1) is 13.5. The third-order valence-corrected chi connectivity index (χ3v) is 4.63. The number of nitrogens with zero attached hydrogens (tertiary/aromatic N) is 1. The Balaban J connectivity index is 2.05. The maximum atomic E-state index is 12.4. The van der Waals surface area contributed by atoms with E-state index >= 15 is 0 Å². The summed E-state index contributed by atoms with van der Waals surface area (Å²) in [5.41, 5.74) is -0.213. The number of hydrogen-bond donors (Lipinski definition) is 1. The maximum Gasteiger partial charge on any atom is 0.231 e. The Kier molecular flexibility index (Phi) is 3.49. The third-order valence-electron chi connectivity index (χ3n) is 4.63. The van der Waals surface area contributed by atoms with Crippen molar-refractivity contribution in [3.63, 3.8) is 0 Å². The number of rotatable bonds is 3. The molecule has 0 aromatic rings. The first-order chi connectivity index (χ1) is 8.37. The zero-order chi connectivity index (χ0) is 13.5. The van der Waals surface area contributed by atoms with Crippen LogP contribution in [0.5, 0.6) is 0 Å². The number of Topliss-reactive ketones (excluding diaryl/α,β-unsaturated/α-hetero) is 1. The quantitative estimate of drug-likeness (QED) is 0.773. The molecule has 4 nitrogen and oxygen atoms in total. The molecular weight excluding hydrogens is 230 g/mol. The highest BCUT2D eigenvalue weighted by Crippen LogP contribution is 2.47. The Hall–Kier alpha value is -0.900. The average Bonchev–Trinajstić information content (AvgIpc) is 2.30. The van der Waals surface area contributed by atoms with Gasteiger partial charge in [0.05, 0.1) is 11.5 Å². The van der Waals surface area contributed by atoms with Crippen LogP contribution in [-0.4, -0.2) is 40.4 Å². The Bertz CT molecular complexity index is 356. The number of carbonyl (C=O) groups is 2. The zero-order valence-corrected chi connectivity index (χ0v) is 11.5. The summed E-state index contributed by atoms with van der Waals surface area (Å²) in [6.45, 7) is 5.89. The number of aliphatic hydroxyl groups is 1. The van der Waals surface area contributed by atoms with Crippen molar-refractivity contribution in [2.45, 2.75) is 58.6 Å². The second-order valence-corrected chi connectivity index (χ2v) is 6.19. The highest BCUT2D eigenvalue weighted by Gasteiger charge is 2.55. The minimum absolute atomic E-state index is 0.0792. The van der Waals surface area contributed by atoms with Crippen LogP contribution in [0.3, 0.4) is 0 Å². The fraction of sp³-hybridized carbons (Fsp3) is 0.857. The second kappa shape index (κ2) is 4.65. The number of ketones is 1. The molecule has 18 heavy (non-hydrogen) atoms. The SMILES string of the molecule is CC(=O)C([C@@H](C)O)N1CC2(CCC(C)CC2)C1=O. The Morgan fingerprint density at radius 2 is 2.00 bits per heavy atom. The van der Waals surface area contributed by atoms with Gasteiger partial charge in [-0.1, -0.05) is 6.92 Å². The van der Waals surface area contributed by atoms with Crippen molar-refractivity contribution in [1.82, 2.24) is 4.90 Å². The highest BCUT2D eigenvalue weighted by molar-refractivity contribution is 5.94. The number of aliphatic hydroxyl groups excluding tert-OH is 1. The molecule has 1 amide bonds. The smallest absolute Gasteiger partial charge is 0.231 e. The van der Waals surface area contributed by atoms with Gasteiger partial charge in [0.1, 0.15) is 6.04 Å². The van der Waals surface area contributed by atoms with Gasteiger partial charge in [0.25, 0.3) is 0 Å². The molecule has 0 bridgehead atoms. The molecule has 1 heterocycles. The van der Waals surface area contributed by atoms with Crippen LogP contribution >= 0.6 is 0 Å². The van der Waals surface area contributed by atoms with Gasteiger partial charge in [0.2, 0.25) is 5.91 Å². The van der Waals surface area contributed by atoms with E-state index in [1.165, 1.54) is 6.92 Å². The molecule has 1 aliphatic carbocycles. The van der Waals surface area contributed by atoms with Crippen molar-refractivity contribution in [1.29, 1.82) is 0 Å². The van der Waals surface area contributed by atoms with Gasteiger partial charge in [-0.25, -0.2) is 0 Å². The summed E-state index contributed by atoms with van der Waals surface area (Å²) in [7, 11) is 0. The van der Waals surface area contributed by atoms with Crippen molar-refractivity contribution >= 4 is 11.7 Å². The van der Waals surface area contributed by atoms with E-state index in [0.29, 0.717) is 12.5 Å². The first-order valence-corrected chi connectivity index (χ1v) is 6.87. The van der Waals surface area contributed by atoms with Gasteiger partial charge in [0.15, 0.2) is 5.78 Å². The Morgan fingerprint density at radius 1 is 1.44 bits per heavy atom. The fourth-order valence-corrected chi connectivity index (χ4v) is 3.41. The minimum Gasteiger partial charge on any atom is -0.391 e. The van der Waals surface area contributed by atoms with E-state index in [9.17, 15) is 14.7 Å². The van der Waals surface area contributed by atoms with Crippen molar-refractivity contribution in [3.8, 4) is 0 Å². The largest absolute Gasteiger partial charge is 0.391 e. The molecule has 1 spiro atoms. The molecule has 1 aliphatic heterocycles. The predicted octanol–water partition coefficient (Wildman–Crippen LogP) is 1.36. The van der Waals surface area contributed by atoms with Crippen LogP contribution in [0.25, 0.3) is 0 Å². The van der Waals surface area contributed by atoms with Gasteiger partial charge in [-0.15, -0.1) is 0 Å². The minimum atomic E-state index is -0.786. The van der Waals surface area contributed by atoms with Crippen molar-refractivity contribution in [2.24, 2.45) is 11.3 Å². The molecule has 1 N–H and O–H groups in total. The Labute approximate surface area is 108 Å². The summed E-state index contributed by atoms with van der Waals surface area (Å²) in [6, 6.07) is -0.650. The molecule has 2 atom stereocenters. The van der Waals surface area contributed by atoms with E-state index < -0.39 is 12.1 Å². The molecule has 0 radical (unpaired) electrons. The number of hydrogen-bond acceptors (Lipinski definition) is 3. The van der Waals surface area contributed by atoms with Crippen molar-refractivity contribution in [2.75, 3.05) is 6.54 Å². The lowest BCUT2D eigenvalue weighted by Gasteiger charge is -2.54. The summed E-state index contributed by atoms with van der Waals surface area (Å²) < 4.78 is 0. The molecule has 0 aromatic carbocycles. The van der Waals surface area contributed by atoms with Crippen molar-refractivity contribution in [3.05, 3.63) is 0 Å². The van der Waals surface area contributed by atoms with E-state index in [0.717, 1.165) is 25.7 Å². The zero-order valence-electron chi connectivity index (χ0n) is 11.5. The summed E-state index contributed by atoms with van der Waals surface area (Å²) in [5.74, 6) is 0.658. The van der Waals surface area contributed by atoms with Crippen LogP contribution < -0.4 is 0 Å². The number of β-lactam (4-membered cyclic amide) rings is 1. The van der Waals surface area contributed by atoms with E-state index in [2.05, 4.69) is 6.92 Å². The molecule has 1 unspecified atom stereocenters. The molecule has 102 valence electrons. The fourth-order valence-electron chi connectivity index (χ4n) is 3.41. The molecule has 2 aliphatic rings. The highest BCUT2D eigenvalue weighted by atomic mass is 16.3. The summed E-state index contributed by atoms with van der Waals surface area (Å²) in [5, 5.41) is 9.65. The molecule has 2 rings (SSSR count). The Morgan fingerprint density at radius 3 is 2.39 bits per heavy atom. The first-order valence-electron chi connectivity index (χ1n) is 6.87. The van der Waals surface area contributed by atoms with Gasteiger partial charge < -0.3 is 10.0 Å². The normalized spacial score (nSPS) is 35.2. The maximum absolute atomic E-state index is 12.4. The lowest BCUT2D eigenvalue weighted by atomic mass is 9.65. The topological polar surface area (TPSA) is 57.6 Å². The van der Waals surface area contributed by atoms with Crippen LogP contribution in [0.1, 0.15) is 46.5 Å². The van der Waals surface area contributed by atoms with Gasteiger partial charge >= 0.3 is 0 Å².